The van der Waals surface area contributed by atoms with E-state index >= 15 is 0 Å². The number of nitrogens with zero attached hydrogens (tertiary/aromatic N) is 2. The highest BCUT2D eigenvalue weighted by molar-refractivity contribution is 6.39. The van der Waals surface area contributed by atoms with Gasteiger partial charge >= 0.3 is 6.03 Å². The third-order valence-corrected chi connectivity index (χ3v) is 8.67. The molecule has 1 N–H and O–H groups in total. The largest absolute Gasteiger partial charge is 0.493 e. The van der Waals surface area contributed by atoms with Gasteiger partial charge in [0.05, 0.1) is 12.8 Å². The van der Waals surface area contributed by atoms with Crippen LogP contribution in [0, 0.1) is 29.1 Å². The molecule has 1 heterocycles. The minimum atomic E-state index is -0.766. The molecule has 5 aliphatic rings. The fraction of sp³-hybridized carbons (Fsp3) is 0.400. The number of nitrogens with one attached hydrogen (secondary N) is 1. The number of rotatable bonds is 6. The van der Waals surface area contributed by atoms with E-state index in [9.17, 15) is 14.4 Å². The van der Waals surface area contributed by atoms with E-state index in [2.05, 4.69) is 17.4 Å². The van der Waals surface area contributed by atoms with Crippen LogP contribution in [0.4, 0.5) is 10.5 Å². The number of imide groups is 2. The van der Waals surface area contributed by atoms with E-state index in [0.29, 0.717) is 22.7 Å². The van der Waals surface area contributed by atoms with Crippen LogP contribution < -0.4 is 19.7 Å². The molecule has 4 bridgehead atoms. The molecule has 4 amide bonds. The van der Waals surface area contributed by atoms with Gasteiger partial charge in [0, 0.05) is 0 Å². The van der Waals surface area contributed by atoms with Gasteiger partial charge in [-0.1, -0.05) is 18.2 Å². The maximum Gasteiger partial charge on any atom is 0.335 e. The van der Waals surface area contributed by atoms with Crippen molar-refractivity contribution in [3.63, 3.8) is 0 Å². The number of carbonyl (C=O) groups excluding carboxylic acids is 3. The number of hydrogen-bond donors (Lipinski definition) is 1. The predicted octanol–water partition coefficient (Wildman–Crippen LogP) is 4.73. The van der Waals surface area contributed by atoms with Crippen LogP contribution >= 0.6 is 0 Å². The summed E-state index contributed by atoms with van der Waals surface area (Å²) in [6, 6.07) is 13.7. The average Bonchev–Trinajstić information content (AvgIpc) is 2.89. The van der Waals surface area contributed by atoms with E-state index in [1.54, 1.807) is 18.2 Å². The highest BCUT2D eigenvalue weighted by atomic mass is 16.5. The second-order valence-corrected chi connectivity index (χ2v) is 11.1. The number of ether oxygens (including phenoxy) is 2. The monoisotopic (exact) mass is 511 g/mol. The Labute approximate surface area is 221 Å². The summed E-state index contributed by atoms with van der Waals surface area (Å²) in [6.45, 7) is -0.142. The van der Waals surface area contributed by atoms with Gasteiger partial charge in [-0.05, 0) is 103 Å². The first-order valence-electron chi connectivity index (χ1n) is 13.1. The highest BCUT2D eigenvalue weighted by Gasteiger charge is 2.51. The van der Waals surface area contributed by atoms with Crippen molar-refractivity contribution in [2.24, 2.45) is 17.8 Å². The molecule has 5 fully saturated rings. The van der Waals surface area contributed by atoms with Crippen molar-refractivity contribution in [1.82, 2.24) is 5.32 Å². The van der Waals surface area contributed by atoms with Crippen molar-refractivity contribution in [2.45, 2.75) is 43.9 Å². The summed E-state index contributed by atoms with van der Waals surface area (Å²) in [5, 5.41) is 11.0. The minimum Gasteiger partial charge on any atom is -0.493 e. The second-order valence-electron chi connectivity index (χ2n) is 11.1. The Morgan fingerprint density at radius 1 is 1.00 bits per heavy atom. The van der Waals surface area contributed by atoms with Gasteiger partial charge in [-0.3, -0.25) is 14.9 Å². The molecule has 1 aliphatic heterocycles. The fourth-order valence-corrected chi connectivity index (χ4v) is 7.49. The summed E-state index contributed by atoms with van der Waals surface area (Å²) in [4.78, 5) is 39.8. The van der Waals surface area contributed by atoms with Crippen molar-refractivity contribution >= 4 is 29.6 Å². The topological polar surface area (TPSA) is 109 Å². The van der Waals surface area contributed by atoms with Crippen molar-refractivity contribution in [1.29, 1.82) is 5.26 Å². The normalized spacial score (nSPS) is 28.8. The van der Waals surface area contributed by atoms with Gasteiger partial charge in [-0.25, -0.2) is 9.69 Å². The van der Waals surface area contributed by atoms with E-state index in [-0.39, 0.29) is 17.6 Å². The third-order valence-electron chi connectivity index (χ3n) is 8.67. The van der Waals surface area contributed by atoms with Gasteiger partial charge in [-0.2, -0.15) is 5.26 Å². The van der Waals surface area contributed by atoms with Crippen LogP contribution in [0.3, 0.4) is 0 Å². The standard InChI is InChI=1S/C30H29N3O5/c1-37-26-14-18(2-7-25(26)38-9-8-31)13-24-27(34)32-29(36)33(28(24)35)23-5-3-22(4-6-23)30-15-19-10-20(16-30)12-21(11-19)17-30/h2-7,13-14,19-21H,9-12,15-17H2,1H3,(H,32,34,36)/b24-13+. The summed E-state index contributed by atoms with van der Waals surface area (Å²) in [5.74, 6) is 1.73. The highest BCUT2D eigenvalue weighted by Crippen LogP contribution is 2.60. The van der Waals surface area contributed by atoms with E-state index < -0.39 is 17.8 Å². The summed E-state index contributed by atoms with van der Waals surface area (Å²) in [6.07, 6.45) is 9.20. The lowest BCUT2D eigenvalue weighted by Crippen LogP contribution is -2.54. The van der Waals surface area contributed by atoms with Crippen LogP contribution in [0.15, 0.2) is 48.0 Å². The molecule has 1 saturated heterocycles. The van der Waals surface area contributed by atoms with Crippen molar-refractivity contribution in [2.75, 3.05) is 18.6 Å². The summed E-state index contributed by atoms with van der Waals surface area (Å²) < 4.78 is 10.7. The number of hydrogen-bond acceptors (Lipinski definition) is 6. The van der Waals surface area contributed by atoms with Gasteiger partial charge < -0.3 is 9.47 Å². The predicted molar refractivity (Wildman–Crippen MR) is 139 cm³/mol. The zero-order valence-corrected chi connectivity index (χ0v) is 21.2. The Morgan fingerprint density at radius 2 is 1.66 bits per heavy atom. The molecule has 4 saturated carbocycles. The Balaban J connectivity index is 1.26. The maximum absolute atomic E-state index is 13.4. The molecule has 0 unspecified atom stereocenters. The van der Waals surface area contributed by atoms with Gasteiger partial charge in [0.15, 0.2) is 18.1 Å². The Morgan fingerprint density at radius 3 is 2.26 bits per heavy atom. The number of carbonyl (C=O) groups is 3. The molecule has 4 aliphatic carbocycles. The number of anilines is 1. The number of amides is 4. The molecule has 194 valence electrons. The van der Waals surface area contributed by atoms with Gasteiger partial charge in [0.1, 0.15) is 11.6 Å². The Bertz CT molecular complexity index is 1350. The van der Waals surface area contributed by atoms with Gasteiger partial charge in [0.25, 0.3) is 11.8 Å². The molecule has 2 aromatic rings. The molecule has 8 heteroatoms. The number of benzene rings is 2. The average molecular weight is 512 g/mol. The molecule has 0 atom stereocenters. The van der Waals surface area contributed by atoms with Crippen LogP contribution in [0.5, 0.6) is 11.5 Å². The SMILES string of the molecule is COc1cc(/C=C2\C(=O)NC(=O)N(c3ccc(C45CC6CC(CC(C6)C4)C5)cc3)C2=O)ccc1OCC#N. The number of barbiturate groups is 1. The lowest BCUT2D eigenvalue weighted by molar-refractivity contribution is -0.122. The van der Waals surface area contributed by atoms with Crippen LogP contribution in [0.1, 0.15) is 49.7 Å². The van der Waals surface area contributed by atoms with Gasteiger partial charge in [-0.15, -0.1) is 0 Å². The van der Waals surface area contributed by atoms with Crippen LogP contribution in [0.25, 0.3) is 6.08 Å². The third kappa shape index (κ3) is 4.12. The fourth-order valence-electron chi connectivity index (χ4n) is 7.49. The first-order valence-corrected chi connectivity index (χ1v) is 13.1. The Kier molecular flexibility index (Phi) is 5.94. The van der Waals surface area contributed by atoms with E-state index in [0.717, 1.165) is 22.7 Å². The van der Waals surface area contributed by atoms with E-state index in [1.807, 2.05) is 18.2 Å². The van der Waals surface area contributed by atoms with E-state index in [1.165, 1.54) is 57.3 Å². The number of urea groups is 1. The quantitative estimate of drug-likeness (QED) is 0.444. The summed E-state index contributed by atoms with van der Waals surface area (Å²) >= 11 is 0. The lowest BCUT2D eigenvalue weighted by Gasteiger charge is -2.57. The number of nitriles is 1. The number of methoxy groups -OCH3 is 1. The van der Waals surface area contributed by atoms with Crippen LogP contribution in [-0.4, -0.2) is 31.6 Å². The molecule has 2 aromatic carbocycles. The van der Waals surface area contributed by atoms with Crippen molar-refractivity contribution < 1.29 is 23.9 Å². The van der Waals surface area contributed by atoms with Crippen molar-refractivity contribution in [3.05, 3.63) is 59.2 Å². The molecule has 0 aromatic heterocycles. The molecule has 0 spiro atoms. The zero-order chi connectivity index (χ0) is 26.4. The maximum atomic E-state index is 13.4. The summed E-state index contributed by atoms with van der Waals surface area (Å²) in [5.41, 5.74) is 2.28. The molecule has 0 radical (unpaired) electrons. The zero-order valence-electron chi connectivity index (χ0n) is 21.2. The second kappa shape index (κ2) is 9.32. The van der Waals surface area contributed by atoms with Crippen molar-refractivity contribution in [3.8, 4) is 17.6 Å². The Hall–Kier alpha value is -4.12. The first kappa shape index (κ1) is 24.2. The minimum absolute atomic E-state index is 0.142. The first-order chi connectivity index (χ1) is 18.4. The smallest absolute Gasteiger partial charge is 0.335 e. The molecule has 8 nitrogen and oxygen atoms in total. The van der Waals surface area contributed by atoms with E-state index in [4.69, 9.17) is 14.7 Å². The molecule has 7 rings (SSSR count). The van der Waals surface area contributed by atoms with Crippen LogP contribution in [0.2, 0.25) is 0 Å². The molecule has 38 heavy (non-hydrogen) atoms. The molecular weight excluding hydrogens is 482 g/mol. The van der Waals surface area contributed by atoms with Gasteiger partial charge in [0.2, 0.25) is 0 Å². The lowest BCUT2D eigenvalue weighted by atomic mass is 9.48. The molecular formula is C30H29N3O5. The van der Waals surface area contributed by atoms with Crippen LogP contribution in [-0.2, 0) is 15.0 Å². The summed E-state index contributed by atoms with van der Waals surface area (Å²) in [7, 11) is 1.46.